The lowest BCUT2D eigenvalue weighted by molar-refractivity contribution is -0.129. The summed E-state index contributed by atoms with van der Waals surface area (Å²) in [5, 5.41) is 3.24. The van der Waals surface area contributed by atoms with E-state index in [1.807, 2.05) is 18.2 Å². The van der Waals surface area contributed by atoms with Crippen molar-refractivity contribution in [3.63, 3.8) is 0 Å². The van der Waals surface area contributed by atoms with Gasteiger partial charge in [-0.05, 0) is 30.5 Å². The number of halogens is 2. The highest BCUT2D eigenvalue weighted by molar-refractivity contribution is 7.89. The molecular formula is C33H32Cl2N6O7S. The molecule has 1 saturated heterocycles. The molecule has 6 rings (SSSR count). The molecule has 0 bridgehead atoms. The van der Waals surface area contributed by atoms with Crippen LogP contribution < -0.4 is 26.0 Å². The number of methoxy groups -OCH3 is 1. The van der Waals surface area contributed by atoms with Crippen molar-refractivity contribution < 1.29 is 22.7 Å². The molecule has 1 atom stereocenters. The van der Waals surface area contributed by atoms with E-state index in [-0.39, 0.29) is 22.3 Å². The summed E-state index contributed by atoms with van der Waals surface area (Å²) in [6.45, 7) is 0.846. The number of hydrogen-bond acceptors (Lipinski definition) is 9. The number of carbonyl (C=O) groups excluding carboxylic acids is 2. The third-order valence-electron chi connectivity index (χ3n) is 8.83. The normalized spacial score (nSPS) is 16.2. The monoisotopic (exact) mass is 726 g/mol. The zero-order valence-corrected chi connectivity index (χ0v) is 29.2. The lowest BCUT2D eigenvalue weighted by Crippen LogP contribution is -2.55. The van der Waals surface area contributed by atoms with E-state index in [9.17, 15) is 27.6 Å². The number of fused-ring (bicyclic) bond motifs is 1. The van der Waals surface area contributed by atoms with Gasteiger partial charge in [-0.1, -0.05) is 53.5 Å². The molecule has 1 aliphatic heterocycles. The summed E-state index contributed by atoms with van der Waals surface area (Å²) in [4.78, 5) is 57.1. The Hall–Kier alpha value is -4.50. The van der Waals surface area contributed by atoms with Crippen molar-refractivity contribution >= 4 is 50.7 Å². The van der Waals surface area contributed by atoms with E-state index in [0.29, 0.717) is 46.4 Å². The average Bonchev–Trinajstić information content (AvgIpc) is 3.44. The van der Waals surface area contributed by atoms with Crippen molar-refractivity contribution in [1.82, 2.24) is 23.7 Å². The number of rotatable bonds is 8. The number of amides is 2. The van der Waals surface area contributed by atoms with E-state index >= 15 is 0 Å². The molecule has 3 heterocycles. The number of sulfonamides is 1. The average molecular weight is 728 g/mol. The van der Waals surface area contributed by atoms with E-state index < -0.39 is 39.0 Å². The van der Waals surface area contributed by atoms with Crippen LogP contribution in [0.25, 0.3) is 22.4 Å². The number of benzene rings is 2. The molecule has 16 heteroatoms. The Bertz CT molecular complexity index is 2260. The van der Waals surface area contributed by atoms with Crippen LogP contribution in [0, 0.1) is 5.92 Å². The molecular weight excluding hydrogens is 695 g/mol. The molecule has 0 spiro atoms. The number of aryl methyl sites for hydroxylation is 2. The van der Waals surface area contributed by atoms with Crippen molar-refractivity contribution in [3.8, 4) is 28.3 Å². The second-order valence-corrected chi connectivity index (χ2v) is 14.6. The van der Waals surface area contributed by atoms with Crippen molar-refractivity contribution in [1.29, 1.82) is 0 Å². The summed E-state index contributed by atoms with van der Waals surface area (Å²) in [7, 11) is 0.658. The number of carbonyl (C=O) groups is 2. The Morgan fingerprint density at radius 3 is 2.33 bits per heavy atom. The Kier molecular flexibility index (Phi) is 9.17. The molecule has 1 fully saturated rings. The van der Waals surface area contributed by atoms with Gasteiger partial charge in [0.1, 0.15) is 5.56 Å². The second kappa shape index (κ2) is 13.1. The SMILES string of the molecule is COc1nc(-c2cccc(-c3cccc(NC(=O)c4cn(C)c(=O)n(C)c4=O)c3Cl)c2Cl)cc2c1[C@@H](N1CC(C(=O)NS(C)(=O)=O)C1)CC2. The van der Waals surface area contributed by atoms with Crippen LogP contribution >= 0.6 is 23.2 Å². The van der Waals surface area contributed by atoms with E-state index in [1.165, 1.54) is 20.3 Å². The lowest BCUT2D eigenvalue weighted by Gasteiger charge is -2.42. The van der Waals surface area contributed by atoms with Gasteiger partial charge in [-0.2, -0.15) is 0 Å². The van der Waals surface area contributed by atoms with Gasteiger partial charge in [0.2, 0.25) is 21.8 Å². The van der Waals surface area contributed by atoms with Crippen LogP contribution in [0.5, 0.6) is 5.88 Å². The van der Waals surface area contributed by atoms with Crippen LogP contribution in [0.3, 0.4) is 0 Å². The van der Waals surface area contributed by atoms with Gasteiger partial charge in [0, 0.05) is 61.7 Å². The molecule has 256 valence electrons. The Labute approximate surface area is 291 Å². The lowest BCUT2D eigenvalue weighted by atomic mass is 9.94. The third-order valence-corrected chi connectivity index (χ3v) is 10.2. The molecule has 1 aliphatic carbocycles. The molecule has 13 nitrogen and oxygen atoms in total. The van der Waals surface area contributed by atoms with Crippen LogP contribution in [0.2, 0.25) is 10.0 Å². The van der Waals surface area contributed by atoms with E-state index in [4.69, 9.17) is 32.9 Å². The number of anilines is 1. The predicted octanol–water partition coefficient (Wildman–Crippen LogP) is 3.38. The minimum Gasteiger partial charge on any atom is -0.481 e. The van der Waals surface area contributed by atoms with Crippen LogP contribution in [-0.2, 0) is 35.3 Å². The molecule has 2 aliphatic rings. The van der Waals surface area contributed by atoms with Gasteiger partial charge in [0.15, 0.2) is 0 Å². The highest BCUT2D eigenvalue weighted by Gasteiger charge is 2.42. The fourth-order valence-electron chi connectivity index (χ4n) is 6.37. The summed E-state index contributed by atoms with van der Waals surface area (Å²) in [5.74, 6) is -1.21. The number of likely N-dealkylation sites (tertiary alicyclic amines) is 1. The van der Waals surface area contributed by atoms with Gasteiger partial charge in [-0.3, -0.25) is 28.6 Å². The van der Waals surface area contributed by atoms with Gasteiger partial charge >= 0.3 is 5.69 Å². The van der Waals surface area contributed by atoms with Crippen molar-refractivity contribution in [2.24, 2.45) is 20.0 Å². The number of aromatic nitrogens is 3. The molecule has 49 heavy (non-hydrogen) atoms. The molecule has 0 radical (unpaired) electrons. The fourth-order valence-corrected chi connectivity index (χ4v) is 7.50. The molecule has 2 aromatic carbocycles. The van der Waals surface area contributed by atoms with Crippen LogP contribution in [0.15, 0.2) is 58.3 Å². The van der Waals surface area contributed by atoms with Gasteiger partial charge in [0.25, 0.3) is 11.5 Å². The summed E-state index contributed by atoms with van der Waals surface area (Å²) in [5.41, 5.74) is 3.01. The standard InChI is InChI=1S/C33H32Cl2N6O7S/c1-39-16-22(32(44)40(2)33(39)45)30(43)36-23-10-6-8-20(28(23)35)19-7-5-9-21(27(19)34)24-13-17-11-12-25(26(17)31(37-24)48-3)41-14-18(15-41)29(42)38-49(4,46)47/h5-10,13,16,18,25H,11-12,14-15H2,1-4H3,(H,36,43)(H,38,42)/t25-/m0/s1. The molecule has 2 aromatic heterocycles. The minimum atomic E-state index is -3.62. The molecule has 4 aromatic rings. The zero-order chi connectivity index (χ0) is 35.4. The maximum Gasteiger partial charge on any atom is 0.330 e. The first-order valence-electron chi connectivity index (χ1n) is 15.2. The third kappa shape index (κ3) is 6.48. The Morgan fingerprint density at radius 1 is 1.00 bits per heavy atom. The predicted molar refractivity (Wildman–Crippen MR) is 186 cm³/mol. The fraction of sp³-hybridized carbons (Fsp3) is 0.303. The van der Waals surface area contributed by atoms with Gasteiger partial charge in [-0.15, -0.1) is 0 Å². The first-order chi connectivity index (χ1) is 23.2. The van der Waals surface area contributed by atoms with Crippen LogP contribution in [0.1, 0.15) is 33.9 Å². The molecule has 2 amide bonds. The molecule has 0 unspecified atom stereocenters. The molecule has 0 saturated carbocycles. The summed E-state index contributed by atoms with van der Waals surface area (Å²) >= 11 is 13.8. The highest BCUT2D eigenvalue weighted by Crippen LogP contribution is 2.46. The first kappa shape index (κ1) is 34.4. The number of nitrogens with one attached hydrogen (secondary N) is 2. The number of pyridine rings is 1. The number of ether oxygens (including phenoxy) is 1. The van der Waals surface area contributed by atoms with Crippen molar-refractivity contribution in [3.05, 3.63) is 96.2 Å². The Balaban J connectivity index is 1.27. The second-order valence-electron chi connectivity index (χ2n) is 12.1. The van der Waals surface area contributed by atoms with Crippen LogP contribution in [0.4, 0.5) is 5.69 Å². The topological polar surface area (TPSA) is 162 Å². The quantitative estimate of drug-likeness (QED) is 0.277. The maximum absolute atomic E-state index is 13.1. The van der Waals surface area contributed by atoms with Gasteiger partial charge < -0.3 is 14.6 Å². The highest BCUT2D eigenvalue weighted by atomic mass is 35.5. The largest absolute Gasteiger partial charge is 0.481 e. The van der Waals surface area contributed by atoms with E-state index in [0.717, 1.165) is 39.4 Å². The minimum absolute atomic E-state index is 0.0340. The van der Waals surface area contributed by atoms with Gasteiger partial charge in [-0.25, -0.2) is 18.2 Å². The van der Waals surface area contributed by atoms with E-state index in [1.54, 1.807) is 31.4 Å². The number of hydrogen-bond donors (Lipinski definition) is 2. The van der Waals surface area contributed by atoms with E-state index in [2.05, 4.69) is 14.9 Å². The Morgan fingerprint density at radius 2 is 1.65 bits per heavy atom. The maximum atomic E-state index is 13.1. The summed E-state index contributed by atoms with van der Waals surface area (Å²) < 4.78 is 32.8. The molecule has 2 N–H and O–H groups in total. The zero-order valence-electron chi connectivity index (χ0n) is 26.9. The van der Waals surface area contributed by atoms with Crippen LogP contribution in [-0.4, -0.2) is 65.7 Å². The van der Waals surface area contributed by atoms with Gasteiger partial charge in [0.05, 0.1) is 40.7 Å². The first-order valence-corrected chi connectivity index (χ1v) is 17.8. The van der Waals surface area contributed by atoms with Crippen molar-refractivity contribution in [2.45, 2.75) is 18.9 Å². The smallest absolute Gasteiger partial charge is 0.330 e. The number of nitrogens with zero attached hydrogens (tertiary/aromatic N) is 4. The summed E-state index contributed by atoms with van der Waals surface area (Å²) in [6, 6.07) is 12.4. The van der Waals surface area contributed by atoms with Crippen molar-refractivity contribution in [2.75, 3.05) is 31.8 Å². The summed E-state index contributed by atoms with van der Waals surface area (Å²) in [6.07, 6.45) is 3.66.